The summed E-state index contributed by atoms with van der Waals surface area (Å²) >= 11 is 0. The molecule has 1 unspecified atom stereocenters. The summed E-state index contributed by atoms with van der Waals surface area (Å²) in [6, 6.07) is 0. The van der Waals surface area contributed by atoms with Crippen LogP contribution in [0.2, 0.25) is 18.1 Å². The van der Waals surface area contributed by atoms with Gasteiger partial charge in [0.1, 0.15) is 0 Å². The first-order chi connectivity index (χ1) is 9.18. The van der Waals surface area contributed by atoms with E-state index in [2.05, 4.69) is 74.6 Å². The smallest absolute Gasteiger partial charge is 0.411 e. The minimum Gasteiger partial charge on any atom is -0.411 e. The van der Waals surface area contributed by atoms with Crippen LogP contribution in [0.5, 0.6) is 0 Å². The molecule has 0 bridgehead atoms. The minimum absolute atomic E-state index is 0.0740. The zero-order valence-corrected chi connectivity index (χ0v) is 16.5. The third kappa shape index (κ3) is 4.44. The van der Waals surface area contributed by atoms with E-state index in [0.717, 1.165) is 0 Å². The fourth-order valence-electron chi connectivity index (χ4n) is 1.90. The van der Waals surface area contributed by atoms with Gasteiger partial charge in [-0.15, -0.1) is 0 Å². The molecule has 1 aliphatic heterocycles. The molecule has 0 spiro atoms. The molecule has 0 aromatic rings. The molecule has 0 aliphatic carbocycles. The minimum atomic E-state index is -1.73. The maximum atomic E-state index is 6.31. The van der Waals surface area contributed by atoms with Gasteiger partial charge >= 0.3 is 7.12 Å². The molecule has 1 aliphatic rings. The fourth-order valence-corrected chi connectivity index (χ4v) is 3.26. The zero-order chi connectivity index (χ0) is 16.7. The van der Waals surface area contributed by atoms with Crippen LogP contribution in [0.15, 0.2) is 12.1 Å². The molecule has 122 valence electrons. The van der Waals surface area contributed by atoms with Gasteiger partial charge < -0.3 is 13.7 Å². The molecule has 0 saturated carbocycles. The fraction of sp³-hybridized carbons (Fsp3) is 0.875. The maximum Gasteiger partial charge on any atom is 0.486 e. The van der Waals surface area contributed by atoms with Gasteiger partial charge in [0.15, 0.2) is 8.32 Å². The van der Waals surface area contributed by atoms with Crippen LogP contribution >= 0.6 is 0 Å². The number of rotatable bonds is 4. The predicted molar refractivity (Wildman–Crippen MR) is 93.0 cm³/mol. The predicted octanol–water partition coefficient (Wildman–Crippen LogP) is 4.58. The van der Waals surface area contributed by atoms with Gasteiger partial charge in [-0.25, -0.2) is 0 Å². The quantitative estimate of drug-likeness (QED) is 0.711. The molecule has 0 aromatic heterocycles. The van der Waals surface area contributed by atoms with Crippen molar-refractivity contribution >= 4 is 15.4 Å². The first kappa shape index (κ1) is 18.9. The lowest BCUT2D eigenvalue weighted by Gasteiger charge is -2.37. The van der Waals surface area contributed by atoms with Crippen LogP contribution in [-0.4, -0.2) is 32.7 Å². The van der Waals surface area contributed by atoms with Gasteiger partial charge in [0.25, 0.3) is 0 Å². The molecule has 1 saturated heterocycles. The van der Waals surface area contributed by atoms with E-state index >= 15 is 0 Å². The molecule has 1 atom stereocenters. The van der Waals surface area contributed by atoms with Gasteiger partial charge in [-0.05, 0) is 52.8 Å². The van der Waals surface area contributed by atoms with E-state index in [0.29, 0.717) is 0 Å². The first-order valence-electron chi connectivity index (χ1n) is 7.90. The van der Waals surface area contributed by atoms with Crippen molar-refractivity contribution in [3.63, 3.8) is 0 Å². The summed E-state index contributed by atoms with van der Waals surface area (Å²) in [4.78, 5) is 0. The number of hydrogen-bond donors (Lipinski definition) is 0. The molecule has 5 heteroatoms. The van der Waals surface area contributed by atoms with Crippen LogP contribution in [0.1, 0.15) is 55.4 Å². The molecule has 1 fully saturated rings. The van der Waals surface area contributed by atoms with Gasteiger partial charge in [-0.3, -0.25) is 0 Å². The molecule has 0 aromatic carbocycles. The molecular weight excluding hydrogens is 279 g/mol. The largest absolute Gasteiger partial charge is 0.486 e. The lowest BCUT2D eigenvalue weighted by Crippen LogP contribution is -2.43. The van der Waals surface area contributed by atoms with Crippen LogP contribution in [0.25, 0.3) is 0 Å². The van der Waals surface area contributed by atoms with Crippen LogP contribution < -0.4 is 0 Å². The van der Waals surface area contributed by atoms with Crippen molar-refractivity contribution in [2.45, 2.75) is 90.8 Å². The highest BCUT2D eigenvalue weighted by atomic mass is 28.4. The SMILES string of the molecule is CC(C=CB1OC(C)(C)C(C)(C)O1)O[Si](C)(C)C(C)(C)C. The van der Waals surface area contributed by atoms with Gasteiger partial charge in [0, 0.05) is 0 Å². The van der Waals surface area contributed by atoms with E-state index in [1.165, 1.54) is 0 Å². The average Bonchev–Trinajstić information content (AvgIpc) is 2.42. The van der Waals surface area contributed by atoms with Crippen molar-refractivity contribution in [1.82, 2.24) is 0 Å². The van der Waals surface area contributed by atoms with Gasteiger partial charge in [0.05, 0.1) is 17.3 Å². The second-order valence-corrected chi connectivity index (χ2v) is 13.3. The summed E-state index contributed by atoms with van der Waals surface area (Å²) in [7, 11) is -2.03. The van der Waals surface area contributed by atoms with E-state index in [9.17, 15) is 0 Å². The monoisotopic (exact) mass is 312 g/mol. The van der Waals surface area contributed by atoms with Gasteiger partial charge in [-0.1, -0.05) is 32.8 Å². The van der Waals surface area contributed by atoms with Crippen molar-refractivity contribution in [1.29, 1.82) is 0 Å². The Morgan fingerprint density at radius 3 is 1.86 bits per heavy atom. The van der Waals surface area contributed by atoms with Crippen molar-refractivity contribution in [3.05, 3.63) is 12.1 Å². The normalized spacial score (nSPS) is 23.8. The van der Waals surface area contributed by atoms with Gasteiger partial charge in [0.2, 0.25) is 0 Å². The Kier molecular flexibility index (Phi) is 5.27. The Bertz CT molecular complexity index is 381. The summed E-state index contributed by atoms with van der Waals surface area (Å²) < 4.78 is 18.2. The Balaban J connectivity index is 2.63. The van der Waals surface area contributed by atoms with Crippen molar-refractivity contribution in [3.8, 4) is 0 Å². The third-order valence-corrected chi connectivity index (χ3v) is 9.67. The molecule has 3 nitrogen and oxygen atoms in total. The molecule has 1 heterocycles. The zero-order valence-electron chi connectivity index (χ0n) is 15.5. The van der Waals surface area contributed by atoms with Crippen molar-refractivity contribution in [2.24, 2.45) is 0 Å². The third-order valence-electron chi connectivity index (χ3n) is 5.10. The molecule has 0 radical (unpaired) electrons. The van der Waals surface area contributed by atoms with E-state index in [1.807, 2.05) is 5.98 Å². The highest BCUT2D eigenvalue weighted by Gasteiger charge is 2.50. The topological polar surface area (TPSA) is 27.7 Å². The molecule has 21 heavy (non-hydrogen) atoms. The summed E-state index contributed by atoms with van der Waals surface area (Å²) in [6.07, 6.45) is 2.13. The van der Waals surface area contributed by atoms with Crippen LogP contribution in [-0.2, 0) is 13.7 Å². The van der Waals surface area contributed by atoms with Crippen molar-refractivity contribution < 1.29 is 13.7 Å². The highest BCUT2D eigenvalue weighted by molar-refractivity contribution is 6.74. The summed E-state index contributed by atoms with van der Waals surface area (Å²) in [5.74, 6) is 1.98. The first-order valence-corrected chi connectivity index (χ1v) is 10.8. The molecular formula is C16H33BO3Si. The molecule has 1 rings (SSSR count). The van der Waals surface area contributed by atoms with E-state index in [4.69, 9.17) is 13.7 Å². The van der Waals surface area contributed by atoms with Crippen LogP contribution in [0, 0.1) is 0 Å². The lowest BCUT2D eigenvalue weighted by molar-refractivity contribution is 0.00578. The summed E-state index contributed by atoms with van der Waals surface area (Å²) in [5, 5.41) is 0.222. The Morgan fingerprint density at radius 2 is 1.48 bits per heavy atom. The number of hydrogen-bond acceptors (Lipinski definition) is 3. The lowest BCUT2D eigenvalue weighted by atomic mass is 9.89. The van der Waals surface area contributed by atoms with Crippen LogP contribution in [0.4, 0.5) is 0 Å². The van der Waals surface area contributed by atoms with E-state index in [1.54, 1.807) is 0 Å². The molecule has 0 N–H and O–H groups in total. The molecule has 0 amide bonds. The van der Waals surface area contributed by atoms with E-state index < -0.39 is 8.32 Å². The highest BCUT2D eigenvalue weighted by Crippen LogP contribution is 2.38. The average molecular weight is 312 g/mol. The Hall–Kier alpha value is -0.0982. The summed E-state index contributed by atoms with van der Waals surface area (Å²) in [5.41, 5.74) is -0.572. The Labute approximate surface area is 132 Å². The van der Waals surface area contributed by atoms with E-state index in [-0.39, 0.29) is 29.5 Å². The Morgan fingerprint density at radius 1 is 1.05 bits per heavy atom. The van der Waals surface area contributed by atoms with Gasteiger partial charge in [-0.2, -0.15) is 0 Å². The second kappa shape index (κ2) is 5.84. The van der Waals surface area contributed by atoms with Crippen molar-refractivity contribution in [2.75, 3.05) is 0 Å². The standard InChI is InChI=1S/C16H33BO3Si/c1-13(18-21(9,10)14(2,3)4)11-12-17-19-15(5,6)16(7,8)20-17/h11-13H,1-10H3. The summed E-state index contributed by atoms with van der Waals surface area (Å²) in [6.45, 7) is 21.7. The van der Waals surface area contributed by atoms with Crippen LogP contribution in [0.3, 0.4) is 0 Å². The second-order valence-electron chi connectivity index (χ2n) is 8.59. The maximum absolute atomic E-state index is 6.31.